The van der Waals surface area contributed by atoms with Gasteiger partial charge in [0.2, 0.25) is 0 Å². The number of amides is 1. The van der Waals surface area contributed by atoms with E-state index in [1.165, 1.54) is 18.2 Å². The number of hydrogen-bond donors (Lipinski definition) is 1. The summed E-state index contributed by atoms with van der Waals surface area (Å²) in [6.07, 6.45) is 0.532. The van der Waals surface area contributed by atoms with Gasteiger partial charge >= 0.3 is 0 Å². The highest BCUT2D eigenvalue weighted by molar-refractivity contribution is 6.34. The standard InChI is InChI=1S/C19H19ClN2O5/c1-19(2)10-16(13-6-5-12(26-3)9-17(13)27-19)21-18(23)14-8-11(22(24)25)4-7-15(14)20/h4-9,16H,10H2,1-3H3,(H,21,23)/t16-/m1/s1. The monoisotopic (exact) mass is 390 g/mol. The minimum atomic E-state index is -0.563. The van der Waals surface area contributed by atoms with Crippen molar-refractivity contribution >= 4 is 23.2 Å². The maximum atomic E-state index is 12.8. The van der Waals surface area contributed by atoms with Gasteiger partial charge in [-0.05, 0) is 32.0 Å². The summed E-state index contributed by atoms with van der Waals surface area (Å²) in [4.78, 5) is 23.2. The second-order valence-corrected chi connectivity index (χ2v) is 7.32. The number of nitrogens with one attached hydrogen (secondary N) is 1. The number of nitrogens with zero attached hydrogens (tertiary/aromatic N) is 1. The van der Waals surface area contributed by atoms with Crippen molar-refractivity contribution in [2.24, 2.45) is 0 Å². The lowest BCUT2D eigenvalue weighted by molar-refractivity contribution is -0.384. The Kier molecular flexibility index (Phi) is 4.97. The minimum Gasteiger partial charge on any atom is -0.497 e. The molecule has 0 bridgehead atoms. The second kappa shape index (κ2) is 7.08. The van der Waals surface area contributed by atoms with Crippen molar-refractivity contribution in [3.8, 4) is 11.5 Å². The smallest absolute Gasteiger partial charge is 0.270 e. The lowest BCUT2D eigenvalue weighted by Gasteiger charge is -2.38. The third-order valence-electron chi connectivity index (χ3n) is 4.39. The summed E-state index contributed by atoms with van der Waals surface area (Å²) in [5.41, 5.74) is 0.168. The normalized spacial score (nSPS) is 17.4. The highest BCUT2D eigenvalue weighted by Crippen LogP contribution is 2.41. The van der Waals surface area contributed by atoms with Crippen LogP contribution in [0.15, 0.2) is 36.4 Å². The number of methoxy groups -OCH3 is 1. The highest BCUT2D eigenvalue weighted by atomic mass is 35.5. The first kappa shape index (κ1) is 19.0. The fourth-order valence-corrected chi connectivity index (χ4v) is 3.33. The molecule has 1 aliphatic heterocycles. The number of rotatable bonds is 4. The maximum Gasteiger partial charge on any atom is 0.270 e. The molecule has 8 heteroatoms. The fraction of sp³-hybridized carbons (Fsp3) is 0.316. The Bertz CT molecular complexity index is 913. The SMILES string of the molecule is COc1ccc2c(c1)OC(C)(C)C[C@H]2NC(=O)c1cc([N+](=O)[O-])ccc1Cl. The molecule has 7 nitrogen and oxygen atoms in total. The van der Waals surface area contributed by atoms with E-state index < -0.39 is 16.4 Å². The molecule has 3 rings (SSSR count). The van der Waals surface area contributed by atoms with Crippen molar-refractivity contribution in [1.82, 2.24) is 5.32 Å². The molecule has 0 unspecified atom stereocenters. The van der Waals surface area contributed by atoms with Crippen LogP contribution in [0.2, 0.25) is 5.02 Å². The van der Waals surface area contributed by atoms with Gasteiger partial charge in [0.1, 0.15) is 17.1 Å². The van der Waals surface area contributed by atoms with Gasteiger partial charge in [-0.2, -0.15) is 0 Å². The van der Waals surface area contributed by atoms with Gasteiger partial charge in [0, 0.05) is 30.2 Å². The number of nitro groups is 1. The van der Waals surface area contributed by atoms with Gasteiger partial charge in [-0.25, -0.2) is 0 Å². The van der Waals surface area contributed by atoms with Crippen LogP contribution in [0, 0.1) is 10.1 Å². The molecule has 142 valence electrons. The van der Waals surface area contributed by atoms with Gasteiger partial charge in [-0.3, -0.25) is 14.9 Å². The molecule has 0 saturated heterocycles. The van der Waals surface area contributed by atoms with Crippen LogP contribution >= 0.6 is 11.6 Å². The Morgan fingerprint density at radius 2 is 2.07 bits per heavy atom. The van der Waals surface area contributed by atoms with Gasteiger partial charge in [0.15, 0.2) is 0 Å². The summed E-state index contributed by atoms with van der Waals surface area (Å²) in [5.74, 6) is 0.799. The van der Waals surface area contributed by atoms with E-state index in [1.54, 1.807) is 19.2 Å². The summed E-state index contributed by atoms with van der Waals surface area (Å²) < 4.78 is 11.2. The third kappa shape index (κ3) is 3.98. The number of fused-ring (bicyclic) bond motifs is 1. The average Bonchev–Trinajstić information content (AvgIpc) is 2.60. The summed E-state index contributed by atoms with van der Waals surface area (Å²) >= 11 is 6.08. The molecule has 0 spiro atoms. The Morgan fingerprint density at radius 1 is 1.33 bits per heavy atom. The lowest BCUT2D eigenvalue weighted by Crippen LogP contribution is -2.41. The number of non-ortho nitro benzene ring substituents is 1. The molecule has 1 N–H and O–H groups in total. The fourth-order valence-electron chi connectivity index (χ4n) is 3.12. The molecule has 1 amide bonds. The zero-order chi connectivity index (χ0) is 19.8. The van der Waals surface area contributed by atoms with E-state index in [2.05, 4.69) is 5.32 Å². The molecule has 1 atom stereocenters. The van der Waals surface area contributed by atoms with Crippen LogP contribution in [0.3, 0.4) is 0 Å². The third-order valence-corrected chi connectivity index (χ3v) is 4.72. The van der Waals surface area contributed by atoms with E-state index >= 15 is 0 Å². The van der Waals surface area contributed by atoms with Crippen LogP contribution in [0.1, 0.15) is 42.2 Å². The molecular weight excluding hydrogens is 372 g/mol. The van der Waals surface area contributed by atoms with Crippen molar-refractivity contribution in [2.75, 3.05) is 7.11 Å². The zero-order valence-electron chi connectivity index (χ0n) is 15.1. The predicted octanol–water partition coefficient (Wildman–Crippen LogP) is 4.29. The zero-order valence-corrected chi connectivity index (χ0v) is 15.9. The summed E-state index contributed by atoms with van der Waals surface area (Å²) in [6, 6.07) is 8.85. The predicted molar refractivity (Wildman–Crippen MR) is 101 cm³/mol. The number of benzene rings is 2. The Hall–Kier alpha value is -2.80. The van der Waals surface area contributed by atoms with Crippen LogP contribution in [0.25, 0.3) is 0 Å². The number of halogens is 1. The topological polar surface area (TPSA) is 90.7 Å². The van der Waals surface area contributed by atoms with Crippen molar-refractivity contribution in [3.05, 3.63) is 62.7 Å². The number of nitro benzene ring substituents is 1. The van der Waals surface area contributed by atoms with Crippen molar-refractivity contribution in [2.45, 2.75) is 31.9 Å². The summed E-state index contributed by atoms with van der Waals surface area (Å²) in [7, 11) is 1.57. The second-order valence-electron chi connectivity index (χ2n) is 6.92. The molecule has 2 aromatic rings. The molecule has 0 saturated carbocycles. The Balaban J connectivity index is 1.93. The van der Waals surface area contributed by atoms with Crippen LogP contribution in [0.4, 0.5) is 5.69 Å². The molecule has 27 heavy (non-hydrogen) atoms. The first-order chi connectivity index (χ1) is 12.7. The Labute approximate surface area is 161 Å². The first-order valence-corrected chi connectivity index (χ1v) is 8.70. The van der Waals surface area contributed by atoms with E-state index in [0.29, 0.717) is 17.9 Å². The number of carbonyl (C=O) groups excluding carboxylic acids is 1. The molecule has 0 aromatic heterocycles. The van der Waals surface area contributed by atoms with Gasteiger partial charge < -0.3 is 14.8 Å². The molecule has 0 radical (unpaired) electrons. The van der Waals surface area contributed by atoms with Crippen molar-refractivity contribution < 1.29 is 19.2 Å². The van der Waals surface area contributed by atoms with Crippen molar-refractivity contribution in [3.63, 3.8) is 0 Å². The van der Waals surface area contributed by atoms with Crippen LogP contribution in [0.5, 0.6) is 11.5 Å². The van der Waals surface area contributed by atoms with E-state index in [-0.39, 0.29) is 22.3 Å². The highest BCUT2D eigenvalue weighted by Gasteiger charge is 2.35. The molecular formula is C19H19ClN2O5. The summed E-state index contributed by atoms with van der Waals surface area (Å²) in [6.45, 7) is 3.85. The maximum absolute atomic E-state index is 12.8. The quantitative estimate of drug-likeness (QED) is 0.621. The van der Waals surface area contributed by atoms with E-state index in [9.17, 15) is 14.9 Å². The summed E-state index contributed by atoms with van der Waals surface area (Å²) in [5, 5.41) is 14.1. The van der Waals surface area contributed by atoms with Gasteiger partial charge in [-0.1, -0.05) is 11.6 Å². The largest absolute Gasteiger partial charge is 0.497 e. The van der Waals surface area contributed by atoms with Gasteiger partial charge in [-0.15, -0.1) is 0 Å². The molecule has 0 fully saturated rings. The van der Waals surface area contributed by atoms with Gasteiger partial charge in [0.25, 0.3) is 11.6 Å². The number of carbonyl (C=O) groups is 1. The number of hydrogen-bond acceptors (Lipinski definition) is 5. The van der Waals surface area contributed by atoms with E-state index in [1.807, 2.05) is 19.9 Å². The average molecular weight is 391 g/mol. The molecule has 0 aliphatic carbocycles. The van der Waals surface area contributed by atoms with Crippen LogP contribution < -0.4 is 14.8 Å². The number of ether oxygens (including phenoxy) is 2. The van der Waals surface area contributed by atoms with Crippen LogP contribution in [-0.2, 0) is 0 Å². The van der Waals surface area contributed by atoms with Gasteiger partial charge in [0.05, 0.1) is 28.7 Å². The van der Waals surface area contributed by atoms with Crippen molar-refractivity contribution in [1.29, 1.82) is 0 Å². The first-order valence-electron chi connectivity index (χ1n) is 8.32. The van der Waals surface area contributed by atoms with E-state index in [0.717, 1.165) is 5.56 Å². The molecule has 2 aromatic carbocycles. The Morgan fingerprint density at radius 3 is 2.74 bits per heavy atom. The molecule has 1 aliphatic rings. The minimum absolute atomic E-state index is 0.0604. The van der Waals surface area contributed by atoms with E-state index in [4.69, 9.17) is 21.1 Å². The van der Waals surface area contributed by atoms with Crippen LogP contribution in [-0.4, -0.2) is 23.5 Å². The lowest BCUT2D eigenvalue weighted by atomic mass is 9.89. The molecule has 1 heterocycles.